The molecule has 0 saturated heterocycles. The van der Waals surface area contributed by atoms with E-state index in [4.69, 9.17) is 10.5 Å². The molecular formula is C13H19N5O. The largest absolute Gasteiger partial charge is 0.481 e. The number of nitrogens with zero attached hydrogens (tertiary/aromatic N) is 4. The Morgan fingerprint density at radius 2 is 2.16 bits per heavy atom. The summed E-state index contributed by atoms with van der Waals surface area (Å²) in [5.41, 5.74) is 7.85. The minimum Gasteiger partial charge on any atom is -0.481 e. The maximum atomic E-state index is 6.14. The van der Waals surface area contributed by atoms with Crippen LogP contribution in [-0.2, 0) is 6.42 Å². The third-order valence-corrected chi connectivity index (χ3v) is 2.87. The van der Waals surface area contributed by atoms with Gasteiger partial charge in [-0.25, -0.2) is 9.97 Å². The standard InChI is InChI=1S/C13H19N5O/c1-9(2)18-5-4-10(17-18)6-11(14)12-7-13(19-3)16-8-15-12/h4-5,7-9,11H,6,14H2,1-3H3. The van der Waals surface area contributed by atoms with Crippen LogP contribution in [0.15, 0.2) is 24.7 Å². The Morgan fingerprint density at radius 1 is 1.37 bits per heavy atom. The first kappa shape index (κ1) is 13.5. The maximum Gasteiger partial charge on any atom is 0.216 e. The van der Waals surface area contributed by atoms with Crippen molar-refractivity contribution in [3.05, 3.63) is 36.0 Å². The number of ether oxygens (including phenoxy) is 1. The van der Waals surface area contributed by atoms with E-state index in [9.17, 15) is 0 Å². The number of nitrogens with two attached hydrogens (primary N) is 1. The minimum atomic E-state index is -0.215. The van der Waals surface area contributed by atoms with Crippen molar-refractivity contribution in [1.82, 2.24) is 19.7 Å². The average Bonchev–Trinajstić information content (AvgIpc) is 2.87. The zero-order valence-electron chi connectivity index (χ0n) is 11.4. The van der Waals surface area contributed by atoms with E-state index in [1.165, 1.54) is 6.33 Å². The lowest BCUT2D eigenvalue weighted by Crippen LogP contribution is -2.16. The normalized spacial score (nSPS) is 12.7. The molecule has 0 bridgehead atoms. The summed E-state index contributed by atoms with van der Waals surface area (Å²) in [5.74, 6) is 0.521. The van der Waals surface area contributed by atoms with Crippen LogP contribution in [0.3, 0.4) is 0 Å². The number of hydrogen-bond donors (Lipinski definition) is 1. The molecule has 19 heavy (non-hydrogen) atoms. The first-order valence-corrected chi connectivity index (χ1v) is 6.25. The molecule has 0 saturated carbocycles. The molecule has 2 aromatic heterocycles. The first-order chi connectivity index (χ1) is 9.10. The monoisotopic (exact) mass is 261 g/mol. The van der Waals surface area contributed by atoms with E-state index >= 15 is 0 Å². The van der Waals surface area contributed by atoms with Crippen LogP contribution in [0.1, 0.15) is 37.3 Å². The second-order valence-corrected chi connectivity index (χ2v) is 4.68. The molecule has 6 nitrogen and oxygen atoms in total. The van der Waals surface area contributed by atoms with Crippen molar-refractivity contribution in [1.29, 1.82) is 0 Å². The molecule has 0 aliphatic carbocycles. The Labute approximate surface area is 112 Å². The lowest BCUT2D eigenvalue weighted by molar-refractivity contribution is 0.395. The fourth-order valence-electron chi connectivity index (χ4n) is 1.77. The van der Waals surface area contributed by atoms with Gasteiger partial charge in [0.15, 0.2) is 0 Å². The van der Waals surface area contributed by atoms with Crippen LogP contribution in [0.25, 0.3) is 0 Å². The van der Waals surface area contributed by atoms with Gasteiger partial charge >= 0.3 is 0 Å². The Morgan fingerprint density at radius 3 is 2.79 bits per heavy atom. The minimum absolute atomic E-state index is 0.215. The fourth-order valence-corrected chi connectivity index (χ4v) is 1.77. The molecule has 2 heterocycles. The molecule has 1 unspecified atom stereocenters. The van der Waals surface area contributed by atoms with Crippen LogP contribution in [0.2, 0.25) is 0 Å². The van der Waals surface area contributed by atoms with Crippen LogP contribution in [-0.4, -0.2) is 26.9 Å². The smallest absolute Gasteiger partial charge is 0.216 e. The molecule has 0 radical (unpaired) electrons. The summed E-state index contributed by atoms with van der Waals surface area (Å²) >= 11 is 0. The molecule has 0 fully saturated rings. The van der Waals surface area contributed by atoms with Crippen LogP contribution in [0, 0.1) is 0 Å². The highest BCUT2D eigenvalue weighted by molar-refractivity contribution is 5.18. The quantitative estimate of drug-likeness (QED) is 0.882. The van der Waals surface area contributed by atoms with Crippen LogP contribution < -0.4 is 10.5 Å². The highest BCUT2D eigenvalue weighted by Gasteiger charge is 2.12. The second kappa shape index (κ2) is 5.79. The van der Waals surface area contributed by atoms with Gasteiger partial charge in [0.05, 0.1) is 24.5 Å². The zero-order valence-corrected chi connectivity index (χ0v) is 11.4. The summed E-state index contributed by atoms with van der Waals surface area (Å²) in [6, 6.07) is 3.87. The van der Waals surface area contributed by atoms with E-state index in [-0.39, 0.29) is 6.04 Å². The summed E-state index contributed by atoms with van der Waals surface area (Å²) in [6.45, 7) is 4.18. The van der Waals surface area contributed by atoms with Gasteiger partial charge in [0.1, 0.15) is 6.33 Å². The van der Waals surface area contributed by atoms with Crippen molar-refractivity contribution in [3.8, 4) is 5.88 Å². The van der Waals surface area contributed by atoms with E-state index in [0.29, 0.717) is 18.3 Å². The molecule has 2 rings (SSSR count). The van der Waals surface area contributed by atoms with Crippen molar-refractivity contribution in [2.75, 3.05) is 7.11 Å². The Hall–Kier alpha value is -1.95. The van der Waals surface area contributed by atoms with Crippen molar-refractivity contribution in [3.63, 3.8) is 0 Å². The molecule has 0 aliphatic heterocycles. The van der Waals surface area contributed by atoms with E-state index in [0.717, 1.165) is 11.4 Å². The van der Waals surface area contributed by atoms with Gasteiger partial charge in [0, 0.05) is 24.7 Å². The molecular weight excluding hydrogens is 242 g/mol. The lowest BCUT2D eigenvalue weighted by atomic mass is 10.1. The number of rotatable bonds is 5. The number of aromatic nitrogens is 4. The van der Waals surface area contributed by atoms with Crippen molar-refractivity contribution in [2.24, 2.45) is 5.73 Å². The molecule has 2 N–H and O–H groups in total. The highest BCUT2D eigenvalue weighted by atomic mass is 16.5. The van der Waals surface area contributed by atoms with E-state index < -0.39 is 0 Å². The average molecular weight is 261 g/mol. The predicted molar refractivity (Wildman–Crippen MR) is 71.8 cm³/mol. The van der Waals surface area contributed by atoms with Gasteiger partial charge in [-0.15, -0.1) is 0 Å². The molecule has 0 amide bonds. The third-order valence-electron chi connectivity index (χ3n) is 2.87. The van der Waals surface area contributed by atoms with Gasteiger partial charge in [0.2, 0.25) is 5.88 Å². The maximum absolute atomic E-state index is 6.14. The molecule has 2 aromatic rings. The van der Waals surface area contributed by atoms with E-state index in [1.807, 2.05) is 16.9 Å². The van der Waals surface area contributed by atoms with Gasteiger partial charge in [-0.3, -0.25) is 4.68 Å². The van der Waals surface area contributed by atoms with Gasteiger partial charge < -0.3 is 10.5 Å². The molecule has 1 atom stereocenters. The Kier molecular flexibility index (Phi) is 4.11. The van der Waals surface area contributed by atoms with E-state index in [1.54, 1.807) is 13.2 Å². The molecule has 6 heteroatoms. The zero-order chi connectivity index (χ0) is 13.8. The lowest BCUT2D eigenvalue weighted by Gasteiger charge is -2.10. The molecule has 0 aromatic carbocycles. The van der Waals surface area contributed by atoms with Crippen LogP contribution in [0.5, 0.6) is 5.88 Å². The van der Waals surface area contributed by atoms with Gasteiger partial charge in [0.25, 0.3) is 0 Å². The second-order valence-electron chi connectivity index (χ2n) is 4.68. The molecule has 0 aliphatic rings. The summed E-state index contributed by atoms with van der Waals surface area (Å²) in [7, 11) is 1.57. The summed E-state index contributed by atoms with van der Waals surface area (Å²) in [5, 5.41) is 4.48. The summed E-state index contributed by atoms with van der Waals surface area (Å²) < 4.78 is 6.98. The highest BCUT2D eigenvalue weighted by Crippen LogP contribution is 2.16. The SMILES string of the molecule is COc1cc(C(N)Cc2ccn(C(C)C)n2)ncn1. The van der Waals surface area contributed by atoms with Crippen molar-refractivity contribution < 1.29 is 4.74 Å². The summed E-state index contributed by atoms with van der Waals surface area (Å²) in [4.78, 5) is 8.14. The van der Waals surface area contributed by atoms with E-state index in [2.05, 4.69) is 28.9 Å². The molecule has 0 spiro atoms. The van der Waals surface area contributed by atoms with Crippen molar-refractivity contribution >= 4 is 0 Å². The third kappa shape index (κ3) is 3.29. The first-order valence-electron chi connectivity index (χ1n) is 6.25. The Balaban J connectivity index is 2.08. The Bertz CT molecular complexity index is 537. The fraction of sp³-hybridized carbons (Fsp3) is 0.462. The topological polar surface area (TPSA) is 78.9 Å². The van der Waals surface area contributed by atoms with Crippen LogP contribution in [0.4, 0.5) is 0 Å². The van der Waals surface area contributed by atoms with Gasteiger partial charge in [-0.2, -0.15) is 5.10 Å². The predicted octanol–water partition coefficient (Wildman–Crippen LogP) is 1.51. The molecule has 102 valence electrons. The number of hydrogen-bond acceptors (Lipinski definition) is 5. The van der Waals surface area contributed by atoms with Gasteiger partial charge in [-0.05, 0) is 19.9 Å². The van der Waals surface area contributed by atoms with Crippen molar-refractivity contribution in [2.45, 2.75) is 32.4 Å². The van der Waals surface area contributed by atoms with Gasteiger partial charge in [-0.1, -0.05) is 0 Å². The summed E-state index contributed by atoms with van der Waals surface area (Å²) in [6.07, 6.45) is 4.06. The van der Waals surface area contributed by atoms with Crippen LogP contribution >= 0.6 is 0 Å². The number of methoxy groups -OCH3 is 1.